The lowest BCUT2D eigenvalue weighted by Crippen LogP contribution is -2.36. The fourth-order valence-corrected chi connectivity index (χ4v) is 2.15. The minimum atomic E-state index is -1.58. The van der Waals surface area contributed by atoms with Crippen LogP contribution in [-0.2, 0) is 9.59 Å². The van der Waals surface area contributed by atoms with E-state index < -0.39 is 17.4 Å². The maximum atomic E-state index is 12.1. The molecule has 0 heterocycles. The number of aryl methyl sites for hydroxylation is 2. The summed E-state index contributed by atoms with van der Waals surface area (Å²) in [6.45, 7) is 6.38. The van der Waals surface area contributed by atoms with Gasteiger partial charge < -0.3 is 9.84 Å². The highest BCUT2D eigenvalue weighted by Crippen LogP contribution is 2.32. The smallest absolute Gasteiger partial charge is 0.328 e. The number of ether oxygens (including phenoxy) is 1. The molecule has 4 nitrogen and oxygen atoms in total. The number of carboxylic acid groups (broad SMARTS) is 1. The lowest BCUT2D eigenvalue weighted by molar-refractivity contribution is -0.160. The molecule has 0 fully saturated rings. The van der Waals surface area contributed by atoms with Gasteiger partial charge >= 0.3 is 11.9 Å². The van der Waals surface area contributed by atoms with E-state index >= 15 is 0 Å². The number of hydrogen-bond donors (Lipinski definition) is 1. The summed E-state index contributed by atoms with van der Waals surface area (Å²) in [4.78, 5) is 23.2. The maximum absolute atomic E-state index is 12.1. The van der Waals surface area contributed by atoms with E-state index in [4.69, 9.17) is 9.84 Å². The Balaban J connectivity index is 2.48. The highest BCUT2D eigenvalue weighted by molar-refractivity contribution is 5.99. The third kappa shape index (κ3) is 2.61. The second-order valence-electron chi connectivity index (χ2n) is 5.69. The summed E-state index contributed by atoms with van der Waals surface area (Å²) in [7, 11) is 0. The third-order valence-electron chi connectivity index (χ3n) is 3.68. The number of benzene rings is 2. The average Bonchev–Trinajstić information content (AvgIpc) is 2.42. The van der Waals surface area contributed by atoms with Crippen molar-refractivity contribution in [3.8, 4) is 5.75 Å². The fourth-order valence-electron chi connectivity index (χ4n) is 2.15. The Labute approximate surface area is 123 Å². The van der Waals surface area contributed by atoms with Crippen molar-refractivity contribution in [3.05, 3.63) is 41.5 Å². The zero-order chi connectivity index (χ0) is 15.8. The third-order valence-corrected chi connectivity index (χ3v) is 3.68. The number of rotatable bonds is 3. The van der Waals surface area contributed by atoms with Gasteiger partial charge in [0, 0.05) is 0 Å². The summed E-state index contributed by atoms with van der Waals surface area (Å²) >= 11 is 0. The SMILES string of the molecule is Cc1cc2ccccc2c(C)c1OC(=O)C(C)(C)C(=O)O. The van der Waals surface area contributed by atoms with Crippen LogP contribution in [0.3, 0.4) is 0 Å². The van der Waals surface area contributed by atoms with Gasteiger partial charge in [-0.3, -0.25) is 9.59 Å². The molecule has 0 saturated carbocycles. The zero-order valence-corrected chi connectivity index (χ0v) is 12.6. The first-order chi connectivity index (χ1) is 9.75. The normalized spacial score (nSPS) is 11.4. The number of hydrogen-bond acceptors (Lipinski definition) is 3. The minimum absolute atomic E-state index is 0.438. The van der Waals surface area contributed by atoms with Gasteiger partial charge in [0.25, 0.3) is 0 Å². The van der Waals surface area contributed by atoms with Crippen LogP contribution < -0.4 is 4.74 Å². The lowest BCUT2D eigenvalue weighted by Gasteiger charge is -2.20. The van der Waals surface area contributed by atoms with Crippen molar-refractivity contribution in [1.29, 1.82) is 0 Å². The summed E-state index contributed by atoms with van der Waals surface area (Å²) < 4.78 is 5.39. The summed E-state index contributed by atoms with van der Waals surface area (Å²) in [6.07, 6.45) is 0. The first-order valence-electron chi connectivity index (χ1n) is 6.69. The van der Waals surface area contributed by atoms with E-state index in [-0.39, 0.29) is 0 Å². The van der Waals surface area contributed by atoms with Crippen LogP contribution in [-0.4, -0.2) is 17.0 Å². The molecule has 21 heavy (non-hydrogen) atoms. The fraction of sp³-hybridized carbons (Fsp3) is 0.294. The number of esters is 1. The molecule has 2 aromatic rings. The molecule has 0 unspecified atom stereocenters. The summed E-state index contributed by atoms with van der Waals surface area (Å²) in [5.74, 6) is -1.53. The van der Waals surface area contributed by atoms with E-state index in [2.05, 4.69) is 0 Å². The number of fused-ring (bicyclic) bond motifs is 1. The molecule has 0 aliphatic rings. The monoisotopic (exact) mass is 286 g/mol. The molecule has 0 aliphatic carbocycles. The molecule has 1 N–H and O–H groups in total. The molecular formula is C17H18O4. The molecule has 0 saturated heterocycles. The van der Waals surface area contributed by atoms with E-state index in [9.17, 15) is 9.59 Å². The summed E-state index contributed by atoms with van der Waals surface area (Å²) in [5, 5.41) is 11.1. The van der Waals surface area contributed by atoms with Crippen LogP contribution in [0.4, 0.5) is 0 Å². The molecule has 2 rings (SSSR count). The maximum Gasteiger partial charge on any atom is 0.328 e. The topological polar surface area (TPSA) is 63.6 Å². The number of aliphatic carboxylic acids is 1. The molecule has 0 bridgehead atoms. The first-order valence-corrected chi connectivity index (χ1v) is 6.69. The van der Waals surface area contributed by atoms with E-state index in [0.717, 1.165) is 21.9 Å². The summed E-state index contributed by atoms with van der Waals surface area (Å²) in [6, 6.07) is 9.72. The van der Waals surface area contributed by atoms with Gasteiger partial charge in [0.1, 0.15) is 5.75 Å². The molecule has 0 spiro atoms. The quantitative estimate of drug-likeness (QED) is 0.533. The Bertz CT molecular complexity index is 729. The van der Waals surface area contributed by atoms with E-state index in [1.165, 1.54) is 13.8 Å². The second-order valence-corrected chi connectivity index (χ2v) is 5.69. The molecule has 0 radical (unpaired) electrons. The van der Waals surface area contributed by atoms with Gasteiger partial charge in [0.15, 0.2) is 5.41 Å². The van der Waals surface area contributed by atoms with Crippen LogP contribution >= 0.6 is 0 Å². The molecule has 0 amide bonds. The van der Waals surface area contributed by atoms with Crippen LogP contribution in [0.2, 0.25) is 0 Å². The lowest BCUT2D eigenvalue weighted by atomic mass is 9.94. The van der Waals surface area contributed by atoms with Gasteiger partial charge in [-0.2, -0.15) is 0 Å². The predicted molar refractivity (Wildman–Crippen MR) is 80.5 cm³/mol. The summed E-state index contributed by atoms with van der Waals surface area (Å²) in [5.41, 5.74) is 0.0609. The Morgan fingerprint density at radius 1 is 1.14 bits per heavy atom. The van der Waals surface area contributed by atoms with Crippen LogP contribution in [0.1, 0.15) is 25.0 Å². The van der Waals surface area contributed by atoms with E-state index in [1.54, 1.807) is 0 Å². The standard InChI is InChI=1S/C17H18O4/c1-10-9-12-7-5-6-8-13(12)11(2)14(10)21-16(20)17(3,4)15(18)19/h5-9H,1-4H3,(H,18,19). The molecule has 0 aliphatic heterocycles. The molecule has 4 heteroatoms. The van der Waals surface area contributed by atoms with Crippen LogP contribution in [0.15, 0.2) is 30.3 Å². The van der Waals surface area contributed by atoms with E-state index in [0.29, 0.717) is 5.75 Å². The van der Waals surface area contributed by atoms with Crippen molar-refractivity contribution in [1.82, 2.24) is 0 Å². The van der Waals surface area contributed by atoms with Crippen molar-refractivity contribution >= 4 is 22.7 Å². The van der Waals surface area contributed by atoms with Gasteiger partial charge in [0.2, 0.25) is 0 Å². The molecule has 2 aromatic carbocycles. The molecule has 0 aromatic heterocycles. The molecule has 110 valence electrons. The number of carbonyl (C=O) groups is 2. The predicted octanol–water partition coefficient (Wildman–Crippen LogP) is 3.47. The first kappa shape index (κ1) is 15.0. The Morgan fingerprint density at radius 2 is 1.76 bits per heavy atom. The highest BCUT2D eigenvalue weighted by Gasteiger charge is 2.38. The zero-order valence-electron chi connectivity index (χ0n) is 12.6. The minimum Gasteiger partial charge on any atom is -0.480 e. The Morgan fingerprint density at radius 3 is 2.38 bits per heavy atom. The van der Waals surface area contributed by atoms with Gasteiger partial charge in [0.05, 0.1) is 0 Å². The molecule has 0 atom stereocenters. The van der Waals surface area contributed by atoms with E-state index in [1.807, 2.05) is 44.2 Å². The van der Waals surface area contributed by atoms with Crippen molar-refractivity contribution in [2.45, 2.75) is 27.7 Å². The van der Waals surface area contributed by atoms with Gasteiger partial charge in [-0.25, -0.2) is 0 Å². The van der Waals surface area contributed by atoms with Crippen molar-refractivity contribution < 1.29 is 19.4 Å². The Kier molecular flexibility index (Phi) is 3.73. The van der Waals surface area contributed by atoms with Gasteiger partial charge in [-0.05, 0) is 55.7 Å². The largest absolute Gasteiger partial charge is 0.480 e. The second kappa shape index (κ2) is 5.20. The van der Waals surface area contributed by atoms with Gasteiger partial charge in [-0.1, -0.05) is 24.3 Å². The number of carbonyl (C=O) groups excluding carboxylic acids is 1. The number of carboxylic acids is 1. The Hall–Kier alpha value is -2.36. The van der Waals surface area contributed by atoms with Gasteiger partial charge in [-0.15, -0.1) is 0 Å². The highest BCUT2D eigenvalue weighted by atomic mass is 16.5. The van der Waals surface area contributed by atoms with Crippen molar-refractivity contribution in [2.75, 3.05) is 0 Å². The van der Waals surface area contributed by atoms with Crippen molar-refractivity contribution in [3.63, 3.8) is 0 Å². The van der Waals surface area contributed by atoms with Crippen LogP contribution in [0, 0.1) is 19.3 Å². The molecular weight excluding hydrogens is 268 g/mol. The van der Waals surface area contributed by atoms with Crippen LogP contribution in [0.5, 0.6) is 5.75 Å². The van der Waals surface area contributed by atoms with Crippen molar-refractivity contribution in [2.24, 2.45) is 5.41 Å². The van der Waals surface area contributed by atoms with Crippen LogP contribution in [0.25, 0.3) is 10.8 Å². The average molecular weight is 286 g/mol.